The SMILES string of the molecule is CCS(=O)(=O)N[C@@H]1Cc2ccc(F)c(Oc3cc(F)ccc3Cl)c2N(C)C1=O. The molecule has 0 aromatic heterocycles. The van der Waals surface area contributed by atoms with E-state index in [1.54, 1.807) is 0 Å². The smallest absolute Gasteiger partial charge is 0.245 e. The molecule has 2 aromatic carbocycles. The van der Waals surface area contributed by atoms with E-state index in [1.165, 1.54) is 26.1 Å². The van der Waals surface area contributed by atoms with Crippen molar-refractivity contribution in [2.24, 2.45) is 0 Å². The number of carbonyl (C=O) groups excluding carboxylic acids is 1. The third-order valence-corrected chi connectivity index (χ3v) is 6.08. The Morgan fingerprint density at radius 3 is 2.68 bits per heavy atom. The Morgan fingerprint density at radius 1 is 1.29 bits per heavy atom. The summed E-state index contributed by atoms with van der Waals surface area (Å²) < 4.78 is 59.6. The van der Waals surface area contributed by atoms with Gasteiger partial charge in [-0.2, -0.15) is 0 Å². The summed E-state index contributed by atoms with van der Waals surface area (Å²) in [5, 5.41) is 0.0665. The van der Waals surface area contributed by atoms with Gasteiger partial charge in [0.2, 0.25) is 15.9 Å². The van der Waals surface area contributed by atoms with Crippen molar-refractivity contribution in [1.82, 2.24) is 4.72 Å². The fourth-order valence-electron chi connectivity index (χ4n) is 2.93. The molecule has 0 spiro atoms. The number of rotatable bonds is 5. The summed E-state index contributed by atoms with van der Waals surface area (Å²) in [4.78, 5) is 13.8. The number of nitrogens with zero attached hydrogens (tertiary/aromatic N) is 1. The van der Waals surface area contributed by atoms with Gasteiger partial charge in [0, 0.05) is 13.1 Å². The molecule has 0 saturated heterocycles. The van der Waals surface area contributed by atoms with Crippen molar-refractivity contribution in [3.63, 3.8) is 0 Å². The van der Waals surface area contributed by atoms with E-state index in [0.29, 0.717) is 5.56 Å². The molecule has 28 heavy (non-hydrogen) atoms. The number of sulfonamides is 1. The van der Waals surface area contributed by atoms with Crippen LogP contribution in [0.15, 0.2) is 30.3 Å². The van der Waals surface area contributed by atoms with Crippen molar-refractivity contribution in [1.29, 1.82) is 0 Å². The summed E-state index contributed by atoms with van der Waals surface area (Å²) in [6.07, 6.45) is 0.0191. The zero-order valence-corrected chi connectivity index (χ0v) is 16.6. The second kappa shape index (κ2) is 7.65. The van der Waals surface area contributed by atoms with Crippen LogP contribution in [0.2, 0.25) is 5.02 Å². The number of hydrogen-bond acceptors (Lipinski definition) is 4. The van der Waals surface area contributed by atoms with Crippen LogP contribution in [0.4, 0.5) is 14.5 Å². The molecule has 0 radical (unpaired) electrons. The van der Waals surface area contributed by atoms with E-state index in [4.69, 9.17) is 16.3 Å². The lowest BCUT2D eigenvalue weighted by molar-refractivity contribution is -0.120. The van der Waals surface area contributed by atoms with Crippen LogP contribution in [-0.4, -0.2) is 33.2 Å². The first-order valence-corrected chi connectivity index (χ1v) is 10.4. The molecule has 1 N–H and O–H groups in total. The molecule has 1 aliphatic heterocycles. The van der Waals surface area contributed by atoms with E-state index in [1.807, 2.05) is 0 Å². The number of benzene rings is 2. The highest BCUT2D eigenvalue weighted by atomic mass is 35.5. The first-order chi connectivity index (χ1) is 13.1. The Bertz CT molecular complexity index is 1050. The second-order valence-electron chi connectivity index (χ2n) is 6.24. The monoisotopic (exact) mass is 430 g/mol. The summed E-state index contributed by atoms with van der Waals surface area (Å²) in [6, 6.07) is 4.97. The summed E-state index contributed by atoms with van der Waals surface area (Å²) in [6.45, 7) is 1.46. The number of fused-ring (bicyclic) bond motifs is 1. The Hall–Kier alpha value is -2.23. The Kier molecular flexibility index (Phi) is 5.60. The molecule has 0 fully saturated rings. The molecule has 3 rings (SSSR count). The van der Waals surface area contributed by atoms with E-state index in [2.05, 4.69) is 4.72 Å². The zero-order valence-electron chi connectivity index (χ0n) is 15.0. The lowest BCUT2D eigenvalue weighted by Gasteiger charge is -2.33. The third-order valence-electron chi connectivity index (χ3n) is 4.36. The first kappa shape index (κ1) is 20.5. The molecular formula is C18H17ClF2N2O4S. The minimum Gasteiger partial charge on any atom is -0.450 e. The molecule has 0 aliphatic carbocycles. The fraction of sp³-hybridized carbons (Fsp3) is 0.278. The molecule has 1 amide bonds. The molecule has 1 atom stereocenters. The van der Waals surface area contributed by atoms with E-state index >= 15 is 0 Å². The molecule has 1 aliphatic rings. The highest BCUT2D eigenvalue weighted by Gasteiger charge is 2.36. The van der Waals surface area contributed by atoms with Crippen molar-refractivity contribution >= 4 is 33.2 Å². The minimum atomic E-state index is -3.62. The van der Waals surface area contributed by atoms with Gasteiger partial charge >= 0.3 is 0 Å². The number of amides is 1. The van der Waals surface area contributed by atoms with E-state index < -0.39 is 33.6 Å². The minimum absolute atomic E-state index is 0.0191. The van der Waals surface area contributed by atoms with Crippen molar-refractivity contribution in [3.8, 4) is 11.5 Å². The van der Waals surface area contributed by atoms with Gasteiger partial charge in [-0.25, -0.2) is 21.9 Å². The number of anilines is 1. The van der Waals surface area contributed by atoms with Gasteiger partial charge in [0.05, 0.1) is 16.5 Å². The van der Waals surface area contributed by atoms with Gasteiger partial charge in [-0.3, -0.25) is 4.79 Å². The molecular weight excluding hydrogens is 414 g/mol. The fourth-order valence-corrected chi connectivity index (χ4v) is 3.87. The van der Waals surface area contributed by atoms with Gasteiger partial charge in [-0.05, 0) is 37.1 Å². The van der Waals surface area contributed by atoms with Crippen LogP contribution in [-0.2, 0) is 21.2 Å². The normalized spacial score (nSPS) is 16.8. The topological polar surface area (TPSA) is 75.7 Å². The van der Waals surface area contributed by atoms with Crippen LogP contribution in [0.1, 0.15) is 12.5 Å². The van der Waals surface area contributed by atoms with Crippen LogP contribution in [0.5, 0.6) is 11.5 Å². The van der Waals surface area contributed by atoms with Crippen molar-refractivity contribution < 1.29 is 26.7 Å². The maximum absolute atomic E-state index is 14.5. The number of ether oxygens (including phenoxy) is 1. The maximum atomic E-state index is 14.5. The molecule has 0 unspecified atom stereocenters. The maximum Gasteiger partial charge on any atom is 0.245 e. The number of hydrogen-bond donors (Lipinski definition) is 1. The van der Waals surface area contributed by atoms with E-state index in [0.717, 1.165) is 23.1 Å². The van der Waals surface area contributed by atoms with Gasteiger partial charge in [0.25, 0.3) is 0 Å². The van der Waals surface area contributed by atoms with Crippen LogP contribution in [0, 0.1) is 11.6 Å². The molecule has 150 valence electrons. The quantitative estimate of drug-likeness (QED) is 0.790. The van der Waals surface area contributed by atoms with Crippen LogP contribution >= 0.6 is 11.6 Å². The summed E-state index contributed by atoms with van der Waals surface area (Å²) in [7, 11) is -2.24. The average Bonchev–Trinajstić information content (AvgIpc) is 2.64. The van der Waals surface area contributed by atoms with E-state index in [-0.39, 0.29) is 34.4 Å². The number of likely N-dealkylation sites (N-methyl/N-ethyl adjacent to an activating group) is 1. The molecule has 6 nitrogen and oxygen atoms in total. The largest absolute Gasteiger partial charge is 0.450 e. The van der Waals surface area contributed by atoms with Crippen LogP contribution < -0.4 is 14.4 Å². The number of halogens is 3. The highest BCUT2D eigenvalue weighted by molar-refractivity contribution is 7.89. The first-order valence-electron chi connectivity index (χ1n) is 8.34. The Balaban J connectivity index is 2.03. The zero-order chi connectivity index (χ0) is 20.6. The van der Waals surface area contributed by atoms with Gasteiger partial charge < -0.3 is 9.64 Å². The Labute approximate surface area is 166 Å². The van der Waals surface area contributed by atoms with Gasteiger partial charge in [0.15, 0.2) is 11.6 Å². The van der Waals surface area contributed by atoms with Crippen LogP contribution in [0.3, 0.4) is 0 Å². The van der Waals surface area contributed by atoms with Gasteiger partial charge in [-0.15, -0.1) is 0 Å². The molecule has 0 saturated carbocycles. The standard InChI is InChI=1S/C18H17ClF2N2O4S/c1-3-28(25,26)22-14-8-10-4-7-13(21)17(16(10)23(2)18(14)24)27-15-9-11(20)5-6-12(15)19/h4-7,9,14,22H,3,8H2,1-2H3/t14-/m1/s1. The molecule has 1 heterocycles. The summed E-state index contributed by atoms with van der Waals surface area (Å²) >= 11 is 5.99. The van der Waals surface area contributed by atoms with Crippen molar-refractivity contribution in [2.75, 3.05) is 17.7 Å². The second-order valence-corrected chi connectivity index (χ2v) is 8.69. The Morgan fingerprint density at radius 2 is 2.00 bits per heavy atom. The van der Waals surface area contributed by atoms with Crippen molar-refractivity contribution in [3.05, 3.63) is 52.6 Å². The van der Waals surface area contributed by atoms with Crippen LogP contribution in [0.25, 0.3) is 0 Å². The van der Waals surface area contributed by atoms with Gasteiger partial charge in [-0.1, -0.05) is 17.7 Å². The lowest BCUT2D eigenvalue weighted by atomic mass is 9.97. The lowest BCUT2D eigenvalue weighted by Crippen LogP contribution is -2.52. The molecule has 10 heteroatoms. The van der Waals surface area contributed by atoms with E-state index in [9.17, 15) is 22.0 Å². The third kappa shape index (κ3) is 3.96. The number of nitrogens with one attached hydrogen (secondary N) is 1. The van der Waals surface area contributed by atoms with Crippen molar-refractivity contribution in [2.45, 2.75) is 19.4 Å². The number of carbonyl (C=O) groups is 1. The van der Waals surface area contributed by atoms with Gasteiger partial charge in [0.1, 0.15) is 17.6 Å². The molecule has 2 aromatic rings. The predicted octanol–water partition coefficient (Wildman–Crippen LogP) is 3.24. The average molecular weight is 431 g/mol. The highest BCUT2D eigenvalue weighted by Crippen LogP contribution is 2.42. The summed E-state index contributed by atoms with van der Waals surface area (Å²) in [5.74, 6) is -2.54. The molecule has 0 bridgehead atoms. The summed E-state index contributed by atoms with van der Waals surface area (Å²) in [5.41, 5.74) is 0.632. The predicted molar refractivity (Wildman–Crippen MR) is 101 cm³/mol.